The number of rotatable bonds is 3. The maximum absolute atomic E-state index is 13.4. The van der Waals surface area contributed by atoms with Crippen LogP contribution in [0.4, 0.5) is 5.95 Å². The van der Waals surface area contributed by atoms with Crippen molar-refractivity contribution in [2.45, 2.75) is 37.5 Å². The highest BCUT2D eigenvalue weighted by atomic mass is 32.2. The van der Waals surface area contributed by atoms with Gasteiger partial charge in [-0.05, 0) is 43.9 Å². The highest BCUT2D eigenvalue weighted by molar-refractivity contribution is 8.04. The van der Waals surface area contributed by atoms with Crippen LogP contribution < -0.4 is 4.90 Å². The Morgan fingerprint density at radius 1 is 1.09 bits per heavy atom. The monoisotopic (exact) mass is 477 g/mol. The summed E-state index contributed by atoms with van der Waals surface area (Å²) < 4.78 is 0. The zero-order valence-corrected chi connectivity index (χ0v) is 20.6. The first-order valence-corrected chi connectivity index (χ1v) is 12.9. The van der Waals surface area contributed by atoms with Gasteiger partial charge in [-0.3, -0.25) is 9.59 Å². The number of nitrogens with zero attached hydrogens (tertiary/aromatic N) is 5. The molecule has 0 spiro atoms. The summed E-state index contributed by atoms with van der Waals surface area (Å²) in [6, 6.07) is 10.1. The summed E-state index contributed by atoms with van der Waals surface area (Å²) >= 11 is 1.70. The standard InChI is InChI=1S/C26H31N5O2S/c1-18-5-3-6-19(15-18)16-23-25(33)29(2)21-17-20(7-8-22(21)34-23)24(32)30-11-13-31(14-12-30)26-27-9-4-10-28-26/h3-6,9-10,15-16,20-22H,7-8,11-14,17H2,1-2H3/b23-16+. The number of hydrogen-bond donors (Lipinski definition) is 0. The van der Waals surface area contributed by atoms with Crippen LogP contribution in [-0.4, -0.2) is 76.1 Å². The number of aromatic nitrogens is 2. The van der Waals surface area contributed by atoms with E-state index in [1.54, 1.807) is 24.2 Å². The minimum atomic E-state index is -0.0149. The molecule has 3 unspecified atom stereocenters. The van der Waals surface area contributed by atoms with Crippen molar-refractivity contribution in [1.82, 2.24) is 19.8 Å². The second-order valence-corrected chi connectivity index (χ2v) is 10.7. The maximum Gasteiger partial charge on any atom is 0.260 e. The molecule has 2 aliphatic heterocycles. The van der Waals surface area contributed by atoms with E-state index in [1.807, 2.05) is 41.1 Å². The van der Waals surface area contributed by atoms with Crippen LogP contribution in [-0.2, 0) is 9.59 Å². The molecule has 8 heteroatoms. The normalized spacial score (nSPS) is 26.5. The third kappa shape index (κ3) is 4.69. The average molecular weight is 478 g/mol. The number of carbonyl (C=O) groups is 2. The van der Waals surface area contributed by atoms with Crippen molar-refractivity contribution in [3.8, 4) is 0 Å². The van der Waals surface area contributed by atoms with Gasteiger partial charge in [-0.2, -0.15) is 0 Å². The van der Waals surface area contributed by atoms with Gasteiger partial charge in [0.05, 0.1) is 4.91 Å². The van der Waals surface area contributed by atoms with Crippen LogP contribution in [0.15, 0.2) is 47.6 Å². The Hall–Kier alpha value is -2.87. The van der Waals surface area contributed by atoms with Crippen LogP contribution in [0.1, 0.15) is 30.4 Å². The lowest BCUT2D eigenvalue weighted by Crippen LogP contribution is -2.55. The van der Waals surface area contributed by atoms with Gasteiger partial charge in [-0.15, -0.1) is 11.8 Å². The molecule has 5 rings (SSSR count). The van der Waals surface area contributed by atoms with Crippen LogP contribution in [0.25, 0.3) is 6.08 Å². The Morgan fingerprint density at radius 3 is 2.59 bits per heavy atom. The van der Waals surface area contributed by atoms with E-state index in [4.69, 9.17) is 0 Å². The molecule has 3 aliphatic rings. The van der Waals surface area contributed by atoms with Gasteiger partial charge in [-0.1, -0.05) is 29.8 Å². The Balaban J connectivity index is 1.21. The molecule has 2 aromatic rings. The SMILES string of the molecule is Cc1cccc(/C=C2/SC3CCC(C(=O)N4CCN(c5ncccn5)CC4)CC3N(C)C2=O)c1. The van der Waals surface area contributed by atoms with Crippen molar-refractivity contribution < 1.29 is 9.59 Å². The topological polar surface area (TPSA) is 69.6 Å². The lowest BCUT2D eigenvalue weighted by Gasteiger charge is -2.45. The molecule has 2 amide bonds. The van der Waals surface area contributed by atoms with Crippen molar-refractivity contribution in [2.75, 3.05) is 38.1 Å². The summed E-state index contributed by atoms with van der Waals surface area (Å²) in [5.41, 5.74) is 2.25. The van der Waals surface area contributed by atoms with Crippen LogP contribution in [0.2, 0.25) is 0 Å². The molecule has 3 atom stereocenters. The van der Waals surface area contributed by atoms with Gasteiger partial charge in [0.2, 0.25) is 11.9 Å². The highest BCUT2D eigenvalue weighted by Crippen LogP contribution is 2.43. The Labute approximate surface area is 205 Å². The number of piperazine rings is 1. The van der Waals surface area contributed by atoms with Crippen molar-refractivity contribution in [2.24, 2.45) is 5.92 Å². The van der Waals surface area contributed by atoms with Crippen molar-refractivity contribution in [1.29, 1.82) is 0 Å². The van der Waals surface area contributed by atoms with Crippen LogP contribution in [0.3, 0.4) is 0 Å². The predicted molar refractivity (Wildman–Crippen MR) is 135 cm³/mol. The molecule has 1 saturated carbocycles. The molecule has 178 valence electrons. The number of aryl methyl sites for hydroxylation is 1. The number of carbonyl (C=O) groups excluding carboxylic acids is 2. The molecular formula is C26H31N5O2S. The van der Waals surface area contributed by atoms with E-state index in [0.29, 0.717) is 18.3 Å². The minimum absolute atomic E-state index is 0.0149. The first kappa shape index (κ1) is 22.9. The molecule has 1 aliphatic carbocycles. The summed E-state index contributed by atoms with van der Waals surface area (Å²) in [7, 11) is 1.90. The van der Waals surface area contributed by atoms with Gasteiger partial charge in [0.1, 0.15) is 0 Å². The van der Waals surface area contributed by atoms with Crippen LogP contribution in [0, 0.1) is 12.8 Å². The minimum Gasteiger partial charge on any atom is -0.339 e. The van der Waals surface area contributed by atoms with E-state index in [-0.39, 0.29) is 23.8 Å². The molecule has 0 bridgehead atoms. The largest absolute Gasteiger partial charge is 0.339 e. The van der Waals surface area contributed by atoms with E-state index < -0.39 is 0 Å². The summed E-state index contributed by atoms with van der Waals surface area (Å²) in [4.78, 5) is 42.0. The Morgan fingerprint density at radius 2 is 1.85 bits per heavy atom. The lowest BCUT2D eigenvalue weighted by molar-refractivity contribution is -0.139. The summed E-state index contributed by atoms with van der Waals surface area (Å²) in [6.07, 6.45) is 8.10. The highest BCUT2D eigenvalue weighted by Gasteiger charge is 2.43. The van der Waals surface area contributed by atoms with Gasteiger partial charge in [0.25, 0.3) is 5.91 Å². The van der Waals surface area contributed by atoms with Gasteiger partial charge < -0.3 is 14.7 Å². The fraction of sp³-hybridized carbons (Fsp3) is 0.462. The van der Waals surface area contributed by atoms with Crippen molar-refractivity contribution in [3.63, 3.8) is 0 Å². The van der Waals surface area contributed by atoms with Gasteiger partial charge in [0.15, 0.2) is 0 Å². The molecule has 0 radical (unpaired) electrons. The molecule has 34 heavy (non-hydrogen) atoms. The van der Waals surface area contributed by atoms with E-state index in [0.717, 1.165) is 48.8 Å². The summed E-state index contributed by atoms with van der Waals surface area (Å²) in [6.45, 7) is 4.93. The fourth-order valence-electron chi connectivity index (χ4n) is 5.27. The molecular weight excluding hydrogens is 446 g/mol. The lowest BCUT2D eigenvalue weighted by atomic mass is 9.83. The summed E-state index contributed by atoms with van der Waals surface area (Å²) in [5, 5.41) is 0.342. The van der Waals surface area contributed by atoms with E-state index >= 15 is 0 Å². The van der Waals surface area contributed by atoms with Gasteiger partial charge in [0, 0.05) is 62.8 Å². The van der Waals surface area contributed by atoms with Gasteiger partial charge in [-0.25, -0.2) is 9.97 Å². The van der Waals surface area contributed by atoms with E-state index in [2.05, 4.69) is 33.9 Å². The number of anilines is 1. The maximum atomic E-state index is 13.4. The van der Waals surface area contributed by atoms with Crippen LogP contribution in [0.5, 0.6) is 0 Å². The van der Waals surface area contributed by atoms with Crippen LogP contribution >= 0.6 is 11.8 Å². The third-order valence-electron chi connectivity index (χ3n) is 7.18. The molecule has 2 saturated heterocycles. The smallest absolute Gasteiger partial charge is 0.260 e. The second kappa shape index (κ2) is 9.78. The zero-order valence-electron chi connectivity index (χ0n) is 19.8. The Bertz CT molecular complexity index is 1080. The number of amides is 2. The average Bonchev–Trinajstić information content (AvgIpc) is 2.87. The molecule has 3 fully saturated rings. The van der Waals surface area contributed by atoms with Crippen molar-refractivity contribution >= 4 is 35.6 Å². The number of thioether (sulfide) groups is 1. The molecule has 1 aromatic heterocycles. The number of likely N-dealkylation sites (N-methyl/N-ethyl adjacent to an activating group) is 1. The second-order valence-electron chi connectivity index (χ2n) is 9.43. The van der Waals surface area contributed by atoms with Crippen molar-refractivity contribution in [3.05, 3.63) is 58.8 Å². The third-order valence-corrected chi connectivity index (χ3v) is 8.58. The molecule has 7 nitrogen and oxygen atoms in total. The quantitative estimate of drug-likeness (QED) is 0.633. The zero-order chi connectivity index (χ0) is 23.7. The Kier molecular flexibility index (Phi) is 6.59. The molecule has 3 heterocycles. The van der Waals surface area contributed by atoms with E-state index in [9.17, 15) is 9.59 Å². The summed E-state index contributed by atoms with van der Waals surface area (Å²) in [5.74, 6) is 1.01. The number of hydrogen-bond acceptors (Lipinski definition) is 6. The fourth-order valence-corrected chi connectivity index (χ4v) is 6.75. The first-order valence-electron chi connectivity index (χ1n) is 12.0. The predicted octanol–water partition coefficient (Wildman–Crippen LogP) is 3.22. The first-order chi connectivity index (χ1) is 16.5. The number of benzene rings is 1. The van der Waals surface area contributed by atoms with Gasteiger partial charge >= 0.3 is 0 Å². The van der Waals surface area contributed by atoms with E-state index in [1.165, 1.54) is 5.56 Å². The number of fused-ring (bicyclic) bond motifs is 1. The molecule has 1 aromatic carbocycles. The molecule has 0 N–H and O–H groups in total.